The molecule has 0 saturated carbocycles. The maximum Gasteiger partial charge on any atom is 0.265 e. The van der Waals surface area contributed by atoms with Crippen LogP contribution in [0.1, 0.15) is 10.4 Å². The van der Waals surface area contributed by atoms with Gasteiger partial charge in [0.1, 0.15) is 4.90 Å². The highest BCUT2D eigenvalue weighted by Crippen LogP contribution is 2.26. The van der Waals surface area contributed by atoms with Crippen molar-refractivity contribution in [3.05, 3.63) is 39.9 Å². The molecule has 108 valence electrons. The Kier molecular flexibility index (Phi) is 4.64. The van der Waals surface area contributed by atoms with Gasteiger partial charge in [-0.05, 0) is 31.7 Å². The second kappa shape index (κ2) is 6.09. The molecule has 0 spiro atoms. The first-order valence-electron chi connectivity index (χ1n) is 5.80. The summed E-state index contributed by atoms with van der Waals surface area (Å²) in [6.07, 6.45) is 1.61. The molecule has 0 fully saturated rings. The highest BCUT2D eigenvalue weighted by molar-refractivity contribution is 7.93. The lowest BCUT2D eigenvalue weighted by molar-refractivity contribution is 0.601. The van der Waals surface area contributed by atoms with Crippen molar-refractivity contribution < 1.29 is 8.42 Å². The standard InChI is InChI=1S/C12H14ClN3O2S2/c1-8-6-15-12(19-8)16-20(17,18)11-5-9(7-14-2)3-4-10(11)13/h3-6,14H,7H2,1-2H3,(H,15,16). The van der Waals surface area contributed by atoms with E-state index < -0.39 is 10.0 Å². The number of benzene rings is 1. The van der Waals surface area contributed by atoms with Crippen molar-refractivity contribution in [2.45, 2.75) is 18.4 Å². The van der Waals surface area contributed by atoms with Gasteiger partial charge in [-0.15, -0.1) is 11.3 Å². The lowest BCUT2D eigenvalue weighted by atomic mass is 10.2. The van der Waals surface area contributed by atoms with Gasteiger partial charge in [0.25, 0.3) is 10.0 Å². The van der Waals surface area contributed by atoms with Crippen LogP contribution in [0.25, 0.3) is 0 Å². The number of aromatic nitrogens is 1. The maximum absolute atomic E-state index is 12.3. The Morgan fingerprint density at radius 1 is 1.40 bits per heavy atom. The predicted octanol–water partition coefficient (Wildman–Crippen LogP) is 2.63. The second-order valence-electron chi connectivity index (χ2n) is 4.18. The van der Waals surface area contributed by atoms with Crippen molar-refractivity contribution in [1.29, 1.82) is 0 Å². The molecular formula is C12H14ClN3O2S2. The lowest BCUT2D eigenvalue weighted by Gasteiger charge is -2.09. The fraction of sp³-hybridized carbons (Fsp3) is 0.250. The molecule has 0 amide bonds. The highest BCUT2D eigenvalue weighted by atomic mass is 35.5. The number of hydrogen-bond donors (Lipinski definition) is 2. The predicted molar refractivity (Wildman–Crippen MR) is 81.9 cm³/mol. The van der Waals surface area contributed by atoms with Gasteiger partial charge in [-0.1, -0.05) is 17.7 Å². The van der Waals surface area contributed by atoms with E-state index in [2.05, 4.69) is 15.0 Å². The van der Waals surface area contributed by atoms with E-state index >= 15 is 0 Å². The number of thiazole rings is 1. The number of anilines is 1. The van der Waals surface area contributed by atoms with Gasteiger partial charge in [0.15, 0.2) is 5.13 Å². The molecule has 0 aliphatic rings. The van der Waals surface area contributed by atoms with E-state index in [0.717, 1.165) is 10.4 Å². The topological polar surface area (TPSA) is 71.1 Å². The zero-order valence-corrected chi connectivity index (χ0v) is 13.4. The molecular weight excluding hydrogens is 318 g/mol. The Balaban J connectivity index is 2.35. The largest absolute Gasteiger partial charge is 0.316 e. The van der Waals surface area contributed by atoms with Crippen LogP contribution < -0.4 is 10.0 Å². The Labute approximate surface area is 127 Å². The monoisotopic (exact) mass is 331 g/mol. The molecule has 20 heavy (non-hydrogen) atoms. The molecule has 2 rings (SSSR count). The summed E-state index contributed by atoms with van der Waals surface area (Å²) in [5.41, 5.74) is 0.840. The molecule has 0 aliphatic carbocycles. The SMILES string of the molecule is CNCc1ccc(Cl)c(S(=O)(=O)Nc2ncc(C)s2)c1. The van der Waals surface area contributed by atoms with E-state index in [1.165, 1.54) is 11.3 Å². The van der Waals surface area contributed by atoms with Gasteiger partial charge in [0, 0.05) is 17.6 Å². The third-order valence-electron chi connectivity index (χ3n) is 2.51. The van der Waals surface area contributed by atoms with Crippen LogP contribution >= 0.6 is 22.9 Å². The molecule has 0 radical (unpaired) electrons. The number of rotatable bonds is 5. The first kappa shape index (κ1) is 15.2. The van der Waals surface area contributed by atoms with Gasteiger partial charge < -0.3 is 5.32 Å². The minimum Gasteiger partial charge on any atom is -0.316 e. The van der Waals surface area contributed by atoms with Crippen molar-refractivity contribution in [2.75, 3.05) is 11.8 Å². The van der Waals surface area contributed by atoms with Gasteiger partial charge in [-0.25, -0.2) is 13.4 Å². The molecule has 0 saturated heterocycles. The number of hydrogen-bond acceptors (Lipinski definition) is 5. The number of nitrogens with one attached hydrogen (secondary N) is 2. The van der Waals surface area contributed by atoms with Crippen molar-refractivity contribution in [3.8, 4) is 0 Å². The molecule has 1 aromatic heterocycles. The zero-order chi connectivity index (χ0) is 14.8. The normalized spacial score (nSPS) is 11.6. The molecule has 0 bridgehead atoms. The number of nitrogens with zero attached hydrogens (tertiary/aromatic N) is 1. The van der Waals surface area contributed by atoms with E-state index in [4.69, 9.17) is 11.6 Å². The van der Waals surface area contributed by atoms with Crippen LogP contribution in [0.3, 0.4) is 0 Å². The first-order valence-corrected chi connectivity index (χ1v) is 8.48. The molecule has 8 heteroatoms. The minimum absolute atomic E-state index is 0.0553. The van der Waals surface area contributed by atoms with E-state index in [9.17, 15) is 8.42 Å². The fourth-order valence-electron chi connectivity index (χ4n) is 1.64. The van der Waals surface area contributed by atoms with Gasteiger partial charge in [-0.3, -0.25) is 4.72 Å². The summed E-state index contributed by atoms with van der Waals surface area (Å²) in [6.45, 7) is 2.42. The lowest BCUT2D eigenvalue weighted by Crippen LogP contribution is -2.14. The number of sulfonamides is 1. The molecule has 2 aromatic rings. The van der Waals surface area contributed by atoms with Crippen LogP contribution in [-0.2, 0) is 16.6 Å². The maximum atomic E-state index is 12.3. The average Bonchev–Trinajstić information content (AvgIpc) is 2.76. The molecule has 0 aliphatic heterocycles. The Morgan fingerprint density at radius 2 is 2.15 bits per heavy atom. The third-order valence-corrected chi connectivity index (χ3v) is 5.29. The zero-order valence-electron chi connectivity index (χ0n) is 11.0. The van der Waals surface area contributed by atoms with Crippen molar-refractivity contribution in [3.63, 3.8) is 0 Å². The van der Waals surface area contributed by atoms with Gasteiger partial charge in [-0.2, -0.15) is 0 Å². The summed E-state index contributed by atoms with van der Waals surface area (Å²) < 4.78 is 27.1. The number of aryl methyl sites for hydroxylation is 1. The average molecular weight is 332 g/mol. The molecule has 5 nitrogen and oxygen atoms in total. The minimum atomic E-state index is -3.73. The highest BCUT2D eigenvalue weighted by Gasteiger charge is 2.19. The van der Waals surface area contributed by atoms with Crippen molar-refractivity contribution in [2.24, 2.45) is 0 Å². The summed E-state index contributed by atoms with van der Waals surface area (Å²) in [5, 5.41) is 3.48. The van der Waals surface area contributed by atoms with E-state index in [1.807, 2.05) is 6.92 Å². The van der Waals surface area contributed by atoms with Gasteiger partial charge in [0.2, 0.25) is 0 Å². The fourth-order valence-corrected chi connectivity index (χ4v) is 4.10. The Hall–Kier alpha value is -1.15. The van der Waals surface area contributed by atoms with Gasteiger partial charge >= 0.3 is 0 Å². The van der Waals surface area contributed by atoms with Crippen LogP contribution in [0.15, 0.2) is 29.3 Å². The second-order valence-corrected chi connectivity index (χ2v) is 7.47. The number of halogens is 1. The summed E-state index contributed by atoms with van der Waals surface area (Å²) in [5.74, 6) is 0. The summed E-state index contributed by atoms with van der Waals surface area (Å²) >= 11 is 7.27. The van der Waals surface area contributed by atoms with E-state index in [1.54, 1.807) is 31.4 Å². The van der Waals surface area contributed by atoms with Crippen LogP contribution in [0.2, 0.25) is 5.02 Å². The van der Waals surface area contributed by atoms with Crippen molar-refractivity contribution >= 4 is 38.1 Å². The molecule has 0 atom stereocenters. The molecule has 2 N–H and O–H groups in total. The third kappa shape index (κ3) is 3.49. The molecule has 0 unspecified atom stereocenters. The summed E-state index contributed by atoms with van der Waals surface area (Å²) in [4.78, 5) is 4.97. The quantitative estimate of drug-likeness (QED) is 0.883. The Bertz CT molecular complexity index is 713. The Morgan fingerprint density at radius 3 is 2.75 bits per heavy atom. The smallest absolute Gasteiger partial charge is 0.265 e. The van der Waals surface area contributed by atoms with E-state index in [0.29, 0.717) is 11.7 Å². The van der Waals surface area contributed by atoms with Crippen molar-refractivity contribution in [1.82, 2.24) is 10.3 Å². The molecule has 1 heterocycles. The summed E-state index contributed by atoms with van der Waals surface area (Å²) in [6, 6.07) is 4.92. The van der Waals surface area contributed by atoms with E-state index in [-0.39, 0.29) is 9.92 Å². The van der Waals surface area contributed by atoms with Gasteiger partial charge in [0.05, 0.1) is 5.02 Å². The van der Waals surface area contributed by atoms with Crippen LogP contribution in [0, 0.1) is 6.92 Å². The first-order chi connectivity index (χ1) is 9.42. The molecule has 1 aromatic carbocycles. The van der Waals surface area contributed by atoms with Crippen LogP contribution in [0.4, 0.5) is 5.13 Å². The summed E-state index contributed by atoms with van der Waals surface area (Å²) in [7, 11) is -1.94. The van der Waals surface area contributed by atoms with Crippen LogP contribution in [-0.4, -0.2) is 20.4 Å². The van der Waals surface area contributed by atoms with Crippen LogP contribution in [0.5, 0.6) is 0 Å².